The van der Waals surface area contributed by atoms with Gasteiger partial charge in [-0.1, -0.05) is 52.2 Å². The minimum absolute atomic E-state index is 0.189. The second-order valence-electron chi connectivity index (χ2n) is 12.2. The lowest BCUT2D eigenvalue weighted by Crippen LogP contribution is -2.54. The number of fused-ring (bicyclic) bond motifs is 5. The predicted molar refractivity (Wildman–Crippen MR) is 122 cm³/mol. The van der Waals surface area contributed by atoms with Crippen LogP contribution < -0.4 is 0 Å². The summed E-state index contributed by atoms with van der Waals surface area (Å²) >= 11 is 0. The third-order valence-corrected chi connectivity index (χ3v) is 10.5. The average Bonchev–Trinajstić information content (AvgIpc) is 3.06. The Morgan fingerprint density at radius 1 is 1.00 bits per heavy atom. The predicted octanol–water partition coefficient (Wildman–Crippen LogP) is 5.33. The normalized spacial score (nSPS) is 47.6. The highest BCUT2D eigenvalue weighted by atomic mass is 16.3. The van der Waals surface area contributed by atoms with Crippen molar-refractivity contribution in [2.24, 2.45) is 46.3 Å². The smallest absolute Gasteiger partial charge is 0.0757 e. The quantitative estimate of drug-likeness (QED) is 0.511. The van der Waals surface area contributed by atoms with E-state index in [1.54, 1.807) is 0 Å². The molecule has 0 bridgehead atoms. The van der Waals surface area contributed by atoms with E-state index < -0.39 is 0 Å². The van der Waals surface area contributed by atoms with Gasteiger partial charge in [0.25, 0.3) is 0 Å². The zero-order valence-electron chi connectivity index (χ0n) is 19.8. The largest absolute Gasteiger partial charge is 0.396 e. The lowest BCUT2D eigenvalue weighted by molar-refractivity contribution is -0.0971. The van der Waals surface area contributed by atoms with Crippen molar-refractivity contribution in [1.29, 1.82) is 0 Å². The molecule has 0 amide bonds. The topological polar surface area (TPSA) is 60.7 Å². The summed E-state index contributed by atoms with van der Waals surface area (Å²) in [6.45, 7) is 9.92. The van der Waals surface area contributed by atoms with Crippen LogP contribution in [0.15, 0.2) is 11.6 Å². The zero-order valence-corrected chi connectivity index (χ0v) is 19.8. The molecule has 3 heteroatoms. The van der Waals surface area contributed by atoms with Crippen LogP contribution in [0.3, 0.4) is 0 Å². The van der Waals surface area contributed by atoms with Gasteiger partial charge in [-0.05, 0) is 97.7 Å². The van der Waals surface area contributed by atoms with Crippen molar-refractivity contribution in [2.75, 3.05) is 6.61 Å². The summed E-state index contributed by atoms with van der Waals surface area (Å²) in [5, 5.41) is 30.8. The fraction of sp³-hybridized carbons (Fsp3) is 0.926. The first-order valence-electron chi connectivity index (χ1n) is 12.9. The standard InChI is InChI=1S/C27H46O3/c1-17(16-28)6-5-7-18(2)21-8-9-22-25-23(11-13-27(21,22)4)26(3)12-10-20(29)14-19(26)15-24(25)30/h15,17-18,20-25,28-30H,5-14,16H2,1-4H3/t17?,18-,20?,21-,22+,23+,24+,25+,26+,27-/m1/s1. The third-order valence-electron chi connectivity index (χ3n) is 10.5. The molecule has 10 atom stereocenters. The molecule has 0 radical (unpaired) electrons. The second kappa shape index (κ2) is 8.52. The van der Waals surface area contributed by atoms with Crippen molar-refractivity contribution in [3.05, 3.63) is 11.6 Å². The first-order chi connectivity index (χ1) is 14.2. The Morgan fingerprint density at radius 2 is 1.77 bits per heavy atom. The van der Waals surface area contributed by atoms with Crippen molar-refractivity contribution < 1.29 is 15.3 Å². The number of hydrogen-bond acceptors (Lipinski definition) is 3. The highest BCUT2D eigenvalue weighted by Gasteiger charge is 2.61. The molecule has 0 aromatic heterocycles. The SMILES string of the molecule is CC(CO)CCC[C@@H](C)[C@H]1CC[C@H]2[C@@H]3[C@@H](O)C=C4CC(O)CC[C@]4(C)[C@H]3CC[C@]12C. The summed E-state index contributed by atoms with van der Waals surface area (Å²) < 4.78 is 0. The highest BCUT2D eigenvalue weighted by Crippen LogP contribution is 2.67. The molecule has 3 saturated carbocycles. The number of aliphatic hydroxyl groups excluding tert-OH is 3. The molecule has 0 heterocycles. The van der Waals surface area contributed by atoms with E-state index in [1.807, 2.05) is 0 Å². The maximum Gasteiger partial charge on any atom is 0.0757 e. The molecule has 0 aliphatic heterocycles. The van der Waals surface area contributed by atoms with E-state index in [0.29, 0.717) is 35.7 Å². The van der Waals surface area contributed by atoms with Crippen molar-refractivity contribution in [2.45, 2.75) is 104 Å². The first kappa shape index (κ1) is 22.8. The fourth-order valence-corrected chi connectivity index (χ4v) is 8.69. The molecule has 4 aliphatic rings. The van der Waals surface area contributed by atoms with Gasteiger partial charge in [0, 0.05) is 6.61 Å². The summed E-state index contributed by atoms with van der Waals surface area (Å²) in [5.74, 6) is 3.54. The summed E-state index contributed by atoms with van der Waals surface area (Å²) in [7, 11) is 0. The minimum Gasteiger partial charge on any atom is -0.396 e. The lowest BCUT2D eigenvalue weighted by Gasteiger charge is -2.59. The van der Waals surface area contributed by atoms with Crippen LogP contribution in [0.25, 0.3) is 0 Å². The van der Waals surface area contributed by atoms with Crippen molar-refractivity contribution in [3.63, 3.8) is 0 Å². The van der Waals surface area contributed by atoms with Crippen molar-refractivity contribution in [3.8, 4) is 0 Å². The molecule has 172 valence electrons. The molecule has 3 fully saturated rings. The summed E-state index contributed by atoms with van der Waals surface area (Å²) in [6.07, 6.45) is 13.2. The molecule has 0 aromatic rings. The molecule has 30 heavy (non-hydrogen) atoms. The Hall–Kier alpha value is -0.380. The summed E-state index contributed by atoms with van der Waals surface area (Å²) in [4.78, 5) is 0. The maximum absolute atomic E-state index is 11.3. The molecule has 2 unspecified atom stereocenters. The molecule has 3 N–H and O–H groups in total. The van der Waals surface area contributed by atoms with Crippen LogP contribution in [0.2, 0.25) is 0 Å². The zero-order chi connectivity index (χ0) is 21.7. The maximum atomic E-state index is 11.3. The van der Waals surface area contributed by atoms with Gasteiger partial charge in [0.1, 0.15) is 0 Å². The molecule has 3 nitrogen and oxygen atoms in total. The molecule has 4 rings (SSSR count). The van der Waals surface area contributed by atoms with E-state index in [1.165, 1.54) is 44.1 Å². The Bertz CT molecular complexity index is 644. The van der Waals surface area contributed by atoms with Gasteiger partial charge in [-0.3, -0.25) is 0 Å². The number of rotatable bonds is 6. The molecular weight excluding hydrogens is 372 g/mol. The van der Waals surface area contributed by atoms with Crippen LogP contribution in [0.4, 0.5) is 0 Å². The van der Waals surface area contributed by atoms with Gasteiger partial charge in [-0.15, -0.1) is 0 Å². The van der Waals surface area contributed by atoms with E-state index >= 15 is 0 Å². The van der Waals surface area contributed by atoms with Gasteiger partial charge in [-0.2, -0.15) is 0 Å². The average molecular weight is 419 g/mol. The van der Waals surface area contributed by atoms with Gasteiger partial charge in [0.05, 0.1) is 12.2 Å². The highest BCUT2D eigenvalue weighted by molar-refractivity contribution is 5.27. The van der Waals surface area contributed by atoms with Crippen molar-refractivity contribution in [1.82, 2.24) is 0 Å². The van der Waals surface area contributed by atoms with Crippen LogP contribution in [-0.2, 0) is 0 Å². The molecular formula is C27H46O3. The second-order valence-corrected chi connectivity index (χ2v) is 12.2. The number of aliphatic hydroxyl groups is 3. The van der Waals surface area contributed by atoms with Crippen LogP contribution in [-0.4, -0.2) is 34.1 Å². The Labute approximate surface area is 184 Å². The van der Waals surface area contributed by atoms with Crippen molar-refractivity contribution >= 4 is 0 Å². The van der Waals surface area contributed by atoms with Gasteiger partial charge < -0.3 is 15.3 Å². The summed E-state index contributed by atoms with van der Waals surface area (Å²) in [5.41, 5.74) is 1.90. The Kier molecular flexibility index (Phi) is 6.48. The summed E-state index contributed by atoms with van der Waals surface area (Å²) in [6, 6.07) is 0. The number of hydrogen-bond donors (Lipinski definition) is 3. The molecule has 0 saturated heterocycles. The Balaban J connectivity index is 1.50. The molecule has 4 aliphatic carbocycles. The van der Waals surface area contributed by atoms with E-state index in [-0.39, 0.29) is 17.6 Å². The lowest BCUT2D eigenvalue weighted by atomic mass is 9.46. The minimum atomic E-state index is -0.326. The molecule has 0 aromatic carbocycles. The van der Waals surface area contributed by atoms with E-state index in [2.05, 4.69) is 33.8 Å². The first-order valence-corrected chi connectivity index (χ1v) is 12.9. The van der Waals surface area contributed by atoms with E-state index in [0.717, 1.165) is 37.5 Å². The van der Waals surface area contributed by atoms with Crippen LogP contribution in [0.1, 0.15) is 91.9 Å². The van der Waals surface area contributed by atoms with Crippen LogP contribution >= 0.6 is 0 Å². The third kappa shape index (κ3) is 3.71. The fourth-order valence-electron chi connectivity index (χ4n) is 8.69. The van der Waals surface area contributed by atoms with Crippen LogP contribution in [0.5, 0.6) is 0 Å². The van der Waals surface area contributed by atoms with Gasteiger partial charge in [0.2, 0.25) is 0 Å². The van der Waals surface area contributed by atoms with Gasteiger partial charge >= 0.3 is 0 Å². The monoisotopic (exact) mass is 418 g/mol. The van der Waals surface area contributed by atoms with Crippen LogP contribution in [0, 0.1) is 46.3 Å². The Morgan fingerprint density at radius 3 is 2.50 bits per heavy atom. The molecule has 0 spiro atoms. The van der Waals surface area contributed by atoms with E-state index in [4.69, 9.17) is 0 Å². The van der Waals surface area contributed by atoms with Gasteiger partial charge in [0.15, 0.2) is 0 Å². The van der Waals surface area contributed by atoms with E-state index in [9.17, 15) is 15.3 Å². The van der Waals surface area contributed by atoms with Gasteiger partial charge in [-0.25, -0.2) is 0 Å².